The van der Waals surface area contributed by atoms with E-state index >= 15 is 0 Å². The van der Waals surface area contributed by atoms with E-state index in [1.807, 2.05) is 12.3 Å². The van der Waals surface area contributed by atoms with Crippen molar-refractivity contribution in [3.8, 4) is 17.0 Å². The average molecular weight is 304 g/mol. The molecule has 4 rings (SSSR count). The van der Waals surface area contributed by atoms with Gasteiger partial charge in [-0.3, -0.25) is 9.97 Å². The van der Waals surface area contributed by atoms with Crippen LogP contribution in [0.15, 0.2) is 55.0 Å². The Balaban J connectivity index is 2.00. The van der Waals surface area contributed by atoms with E-state index in [-0.39, 0.29) is 0 Å². The van der Waals surface area contributed by atoms with Crippen molar-refractivity contribution in [1.82, 2.24) is 9.97 Å². The molecule has 3 heterocycles. The van der Waals surface area contributed by atoms with Gasteiger partial charge in [0.1, 0.15) is 5.75 Å². The van der Waals surface area contributed by atoms with Crippen molar-refractivity contribution < 1.29 is 3.79 Å². The molecule has 0 aliphatic carbocycles. The van der Waals surface area contributed by atoms with Gasteiger partial charge in [-0.2, -0.15) is 0 Å². The fourth-order valence-corrected chi connectivity index (χ4v) is 3.71. The minimum atomic E-state index is 0.703. The van der Waals surface area contributed by atoms with Crippen LogP contribution in [-0.4, -0.2) is 26.6 Å². The highest BCUT2D eigenvalue weighted by Gasteiger charge is 2.10. The molecule has 4 aromatic rings. The minimum Gasteiger partial charge on any atom is -0.652 e. The highest BCUT2D eigenvalue weighted by atomic mass is 32.1. The first kappa shape index (κ1) is 12.8. The zero-order valence-corrected chi connectivity index (χ0v) is 13.0. The normalized spacial score (nSPS) is 11.0. The third-order valence-corrected chi connectivity index (χ3v) is 4.83. The molecule has 0 unspecified atom stereocenters. The predicted octanol–water partition coefficient (Wildman–Crippen LogP) is 3.97. The van der Waals surface area contributed by atoms with Crippen molar-refractivity contribution in [3.63, 3.8) is 0 Å². The van der Waals surface area contributed by atoms with Crippen molar-refractivity contribution in [1.29, 1.82) is 0 Å². The van der Waals surface area contributed by atoms with Crippen LogP contribution in [-0.2, 0) is 0 Å². The summed E-state index contributed by atoms with van der Waals surface area (Å²) in [6.07, 6.45) is 5.38. The zero-order chi connectivity index (χ0) is 14.2. The monoisotopic (exact) mass is 304 g/mol. The molecular formula is C16H9AlN2OS. The Morgan fingerprint density at radius 2 is 1.90 bits per heavy atom. The van der Waals surface area contributed by atoms with Crippen molar-refractivity contribution in [3.05, 3.63) is 55.0 Å². The Labute approximate surface area is 134 Å². The molecule has 0 saturated heterocycles. The highest BCUT2D eigenvalue weighted by molar-refractivity contribution is 7.25. The smallest absolute Gasteiger partial charge is 0.482 e. The SMILES string of the molecule is [Al][O]c1cnccc1-c1cc2c(cn1)sc1ccccc12. The summed E-state index contributed by atoms with van der Waals surface area (Å²) in [6, 6.07) is 12.5. The Morgan fingerprint density at radius 1 is 1.00 bits per heavy atom. The van der Waals surface area contributed by atoms with Crippen LogP contribution in [0.1, 0.15) is 0 Å². The quantitative estimate of drug-likeness (QED) is 0.526. The van der Waals surface area contributed by atoms with Gasteiger partial charge in [0.2, 0.25) is 0 Å². The number of fused-ring (bicyclic) bond motifs is 3. The van der Waals surface area contributed by atoms with Gasteiger partial charge in [0.25, 0.3) is 0 Å². The Bertz CT molecular complexity index is 951. The summed E-state index contributed by atoms with van der Waals surface area (Å²) in [4.78, 5) is 8.65. The lowest BCUT2D eigenvalue weighted by Crippen LogP contribution is -1.91. The van der Waals surface area contributed by atoms with Gasteiger partial charge in [-0.05, 0) is 18.2 Å². The van der Waals surface area contributed by atoms with Crippen molar-refractivity contribution in [2.75, 3.05) is 0 Å². The van der Waals surface area contributed by atoms with Gasteiger partial charge >= 0.3 is 16.6 Å². The van der Waals surface area contributed by atoms with E-state index in [0.29, 0.717) is 5.75 Å². The number of hydrogen-bond donors (Lipinski definition) is 0. The first-order valence-corrected chi connectivity index (χ1v) is 7.74. The number of rotatable bonds is 2. The van der Waals surface area contributed by atoms with Crippen LogP contribution < -0.4 is 3.79 Å². The summed E-state index contributed by atoms with van der Waals surface area (Å²) >= 11 is 4.03. The first-order valence-electron chi connectivity index (χ1n) is 6.45. The van der Waals surface area contributed by atoms with Crippen LogP contribution in [0.4, 0.5) is 0 Å². The summed E-state index contributed by atoms with van der Waals surface area (Å²) in [5.41, 5.74) is 1.84. The lowest BCUT2D eigenvalue weighted by molar-refractivity contribution is 0.614. The summed E-state index contributed by atoms with van der Waals surface area (Å²) in [5.74, 6) is 0.703. The summed E-state index contributed by atoms with van der Waals surface area (Å²) in [5, 5.41) is 2.50. The highest BCUT2D eigenvalue weighted by Crippen LogP contribution is 2.36. The third-order valence-electron chi connectivity index (χ3n) is 3.45. The molecule has 98 valence electrons. The number of aromatic nitrogens is 2. The van der Waals surface area contributed by atoms with Crippen molar-refractivity contribution in [2.45, 2.75) is 0 Å². The molecule has 0 spiro atoms. The molecule has 1 aromatic carbocycles. The molecule has 3 aromatic heterocycles. The van der Waals surface area contributed by atoms with E-state index in [4.69, 9.17) is 3.79 Å². The van der Waals surface area contributed by atoms with E-state index in [1.54, 1.807) is 23.7 Å². The minimum absolute atomic E-state index is 0.703. The fraction of sp³-hybridized carbons (Fsp3) is 0. The van der Waals surface area contributed by atoms with Crippen LogP contribution in [0.5, 0.6) is 5.75 Å². The maximum atomic E-state index is 5.30. The maximum absolute atomic E-state index is 5.30. The van der Waals surface area contributed by atoms with Crippen LogP contribution in [0.3, 0.4) is 0 Å². The third kappa shape index (κ3) is 2.11. The van der Waals surface area contributed by atoms with E-state index in [1.165, 1.54) is 20.2 Å². The second-order valence-corrected chi connectivity index (χ2v) is 5.97. The average Bonchev–Trinajstić information content (AvgIpc) is 2.92. The van der Waals surface area contributed by atoms with Gasteiger partial charge < -0.3 is 3.79 Å². The van der Waals surface area contributed by atoms with E-state index in [9.17, 15) is 0 Å². The molecule has 0 N–H and O–H groups in total. The fourth-order valence-electron chi connectivity index (χ4n) is 2.46. The molecule has 0 atom stereocenters. The molecule has 0 aliphatic heterocycles. The summed E-state index contributed by atoms with van der Waals surface area (Å²) < 4.78 is 7.78. The molecule has 0 saturated carbocycles. The van der Waals surface area contributed by atoms with Gasteiger partial charge in [-0.1, -0.05) is 18.2 Å². The topological polar surface area (TPSA) is 35.0 Å². The van der Waals surface area contributed by atoms with Gasteiger partial charge in [0.15, 0.2) is 0 Å². The molecule has 3 nitrogen and oxygen atoms in total. The largest absolute Gasteiger partial charge is 0.652 e. The second-order valence-electron chi connectivity index (χ2n) is 4.65. The van der Waals surface area contributed by atoms with Gasteiger partial charge in [-0.25, -0.2) is 0 Å². The molecule has 2 radical (unpaired) electrons. The Morgan fingerprint density at radius 3 is 2.81 bits per heavy atom. The number of thiophene rings is 1. The number of hydrogen-bond acceptors (Lipinski definition) is 4. The zero-order valence-electron chi connectivity index (χ0n) is 11.0. The number of nitrogens with zero attached hydrogens (tertiary/aromatic N) is 2. The van der Waals surface area contributed by atoms with E-state index < -0.39 is 0 Å². The number of benzene rings is 1. The van der Waals surface area contributed by atoms with Crippen LogP contribution in [0.2, 0.25) is 0 Å². The lowest BCUT2D eigenvalue weighted by atomic mass is 10.1. The van der Waals surface area contributed by atoms with E-state index in [0.717, 1.165) is 11.3 Å². The van der Waals surface area contributed by atoms with Crippen LogP contribution >= 0.6 is 11.3 Å². The Kier molecular flexibility index (Phi) is 3.12. The molecule has 21 heavy (non-hydrogen) atoms. The van der Waals surface area contributed by atoms with Crippen LogP contribution in [0, 0.1) is 0 Å². The Hall–Kier alpha value is -1.93. The predicted molar refractivity (Wildman–Crippen MR) is 86.7 cm³/mol. The second kappa shape index (κ2) is 5.12. The molecule has 0 amide bonds. The van der Waals surface area contributed by atoms with Crippen molar-refractivity contribution >= 4 is 48.1 Å². The van der Waals surface area contributed by atoms with Crippen molar-refractivity contribution in [2.24, 2.45) is 0 Å². The molecule has 0 aliphatic rings. The molecule has 5 heteroatoms. The first-order chi connectivity index (χ1) is 10.4. The summed E-state index contributed by atoms with van der Waals surface area (Å²) in [7, 11) is 0. The lowest BCUT2D eigenvalue weighted by Gasteiger charge is -2.08. The standard InChI is InChI=1S/C16H10N2OS.Al/c19-14-8-17-6-5-11(14)13-7-12-10-3-1-2-4-15(10)20-16(12)9-18-13;/h1-9,19H;/q;+1/p-1. The maximum Gasteiger partial charge on any atom is 0.482 e. The van der Waals surface area contributed by atoms with E-state index in [2.05, 4.69) is 56.9 Å². The molecular weight excluding hydrogens is 295 g/mol. The van der Waals surface area contributed by atoms with Crippen LogP contribution in [0.25, 0.3) is 31.4 Å². The molecule has 0 bridgehead atoms. The van der Waals surface area contributed by atoms with Gasteiger partial charge in [0, 0.05) is 33.4 Å². The number of pyridine rings is 2. The van der Waals surface area contributed by atoms with Gasteiger partial charge in [0.05, 0.1) is 16.6 Å². The summed E-state index contributed by atoms with van der Waals surface area (Å²) in [6.45, 7) is 0. The van der Waals surface area contributed by atoms with Gasteiger partial charge in [-0.15, -0.1) is 11.3 Å². The molecule has 0 fully saturated rings.